The minimum absolute atomic E-state index is 0.110. The average molecular weight is 534 g/mol. The highest BCUT2D eigenvalue weighted by molar-refractivity contribution is 7.92. The van der Waals surface area contributed by atoms with Gasteiger partial charge in [0.1, 0.15) is 11.6 Å². The van der Waals surface area contributed by atoms with Gasteiger partial charge >= 0.3 is 0 Å². The molecule has 0 radical (unpaired) electrons. The van der Waals surface area contributed by atoms with Gasteiger partial charge in [0, 0.05) is 10.9 Å². The smallest absolute Gasteiger partial charge is 0.229 e. The van der Waals surface area contributed by atoms with Crippen molar-refractivity contribution < 1.29 is 22.3 Å². The van der Waals surface area contributed by atoms with Crippen molar-refractivity contribution in [2.24, 2.45) is 0 Å². The topological polar surface area (TPSA) is 132 Å². The Morgan fingerprint density at radius 1 is 1.08 bits per heavy atom. The molecule has 0 fully saturated rings. The number of halogens is 1. The molecule has 38 heavy (non-hydrogen) atoms. The average Bonchev–Trinajstić information content (AvgIpc) is 3.43. The first-order valence-electron chi connectivity index (χ1n) is 11.5. The third-order valence-electron chi connectivity index (χ3n) is 6.02. The molecule has 4 N–H and O–H groups in total. The van der Waals surface area contributed by atoms with Gasteiger partial charge in [0.15, 0.2) is 11.6 Å². The van der Waals surface area contributed by atoms with Crippen LogP contribution in [0.4, 0.5) is 15.9 Å². The van der Waals surface area contributed by atoms with E-state index in [1.165, 1.54) is 23.0 Å². The number of nitrogens with two attached hydrogens (primary N) is 1. The molecule has 0 aliphatic rings. The SMILES string of the molecule is Cc1cc2cc(C(=O)c3cnn(-c4ccc(Oc5ccccc5F)cc4C)c3N)[nH]c2cc1NS(C)(=O)=O. The van der Waals surface area contributed by atoms with Crippen LogP contribution in [0.3, 0.4) is 0 Å². The minimum Gasteiger partial charge on any atom is -0.454 e. The highest BCUT2D eigenvalue weighted by atomic mass is 32.2. The van der Waals surface area contributed by atoms with Crippen LogP contribution < -0.4 is 15.2 Å². The van der Waals surface area contributed by atoms with Gasteiger partial charge in [-0.3, -0.25) is 9.52 Å². The molecule has 5 aromatic rings. The zero-order valence-electron chi connectivity index (χ0n) is 20.7. The summed E-state index contributed by atoms with van der Waals surface area (Å²) in [6.45, 7) is 3.60. The molecule has 0 amide bonds. The maximum atomic E-state index is 13.9. The molecule has 2 aromatic heterocycles. The first-order valence-corrected chi connectivity index (χ1v) is 13.4. The lowest BCUT2D eigenvalue weighted by molar-refractivity contribution is 0.103. The second-order valence-electron chi connectivity index (χ2n) is 8.98. The zero-order chi connectivity index (χ0) is 27.2. The molecule has 0 saturated heterocycles. The summed E-state index contributed by atoms with van der Waals surface area (Å²) in [5.41, 5.74) is 9.94. The number of rotatable bonds is 7. The van der Waals surface area contributed by atoms with Crippen LogP contribution in [-0.2, 0) is 10.0 Å². The number of ketones is 1. The number of aromatic nitrogens is 3. The number of nitrogens with one attached hydrogen (secondary N) is 2. The Bertz CT molecular complexity index is 1820. The number of aromatic amines is 1. The van der Waals surface area contributed by atoms with Gasteiger partial charge in [-0.2, -0.15) is 5.10 Å². The number of nitrogen functional groups attached to an aromatic ring is 1. The summed E-state index contributed by atoms with van der Waals surface area (Å²) >= 11 is 0. The van der Waals surface area contributed by atoms with E-state index in [-0.39, 0.29) is 28.6 Å². The largest absolute Gasteiger partial charge is 0.454 e. The van der Waals surface area contributed by atoms with Crippen LogP contribution in [0.2, 0.25) is 0 Å². The molecule has 0 saturated carbocycles. The lowest BCUT2D eigenvalue weighted by Crippen LogP contribution is -2.10. The molecule has 0 aliphatic carbocycles. The summed E-state index contributed by atoms with van der Waals surface area (Å²) in [4.78, 5) is 16.4. The van der Waals surface area contributed by atoms with Gasteiger partial charge in [-0.25, -0.2) is 17.5 Å². The summed E-state index contributed by atoms with van der Waals surface area (Å²) in [5, 5.41) is 5.07. The number of nitrogens with zero attached hydrogens (tertiary/aromatic N) is 2. The van der Waals surface area contributed by atoms with Crippen molar-refractivity contribution in [1.29, 1.82) is 0 Å². The maximum absolute atomic E-state index is 13.9. The fourth-order valence-electron chi connectivity index (χ4n) is 4.18. The summed E-state index contributed by atoms with van der Waals surface area (Å²) < 4.78 is 46.9. The van der Waals surface area contributed by atoms with Crippen LogP contribution in [0, 0.1) is 19.7 Å². The number of hydrogen-bond donors (Lipinski definition) is 3. The van der Waals surface area contributed by atoms with Crippen LogP contribution in [-0.4, -0.2) is 35.2 Å². The van der Waals surface area contributed by atoms with Crippen LogP contribution >= 0.6 is 0 Å². The van der Waals surface area contributed by atoms with Crippen molar-refractivity contribution in [3.8, 4) is 17.2 Å². The molecule has 0 unspecified atom stereocenters. The lowest BCUT2D eigenvalue weighted by atomic mass is 10.1. The molecule has 194 valence electrons. The summed E-state index contributed by atoms with van der Waals surface area (Å²) in [7, 11) is -3.46. The Labute approximate surface area is 218 Å². The van der Waals surface area contributed by atoms with Crippen molar-refractivity contribution in [3.63, 3.8) is 0 Å². The van der Waals surface area contributed by atoms with E-state index in [0.29, 0.717) is 28.2 Å². The number of benzene rings is 3. The predicted molar refractivity (Wildman–Crippen MR) is 144 cm³/mol. The molecule has 0 atom stereocenters. The fourth-order valence-corrected chi connectivity index (χ4v) is 4.80. The number of ether oxygens (including phenoxy) is 1. The van der Waals surface area contributed by atoms with Gasteiger partial charge < -0.3 is 15.5 Å². The van der Waals surface area contributed by atoms with Crippen molar-refractivity contribution in [1.82, 2.24) is 14.8 Å². The summed E-state index contributed by atoms with van der Waals surface area (Å²) in [5.74, 6) is -0.133. The summed E-state index contributed by atoms with van der Waals surface area (Å²) in [6.07, 6.45) is 2.47. The van der Waals surface area contributed by atoms with Gasteiger partial charge in [0.25, 0.3) is 0 Å². The Kier molecular flexibility index (Phi) is 6.15. The zero-order valence-corrected chi connectivity index (χ0v) is 21.6. The van der Waals surface area contributed by atoms with Crippen molar-refractivity contribution >= 4 is 38.2 Å². The molecule has 3 aromatic carbocycles. The molecule has 0 aliphatic heterocycles. The molecule has 0 spiro atoms. The Morgan fingerprint density at radius 3 is 2.55 bits per heavy atom. The Balaban J connectivity index is 1.43. The molecule has 11 heteroatoms. The van der Waals surface area contributed by atoms with Crippen LogP contribution in [0.25, 0.3) is 16.6 Å². The van der Waals surface area contributed by atoms with Crippen molar-refractivity contribution in [2.75, 3.05) is 16.7 Å². The quantitative estimate of drug-likeness (QED) is 0.250. The number of hydrogen-bond acceptors (Lipinski definition) is 6. The monoisotopic (exact) mass is 533 g/mol. The van der Waals surface area contributed by atoms with Gasteiger partial charge in [-0.15, -0.1) is 0 Å². The van der Waals surface area contributed by atoms with E-state index >= 15 is 0 Å². The Hall–Kier alpha value is -4.64. The van der Waals surface area contributed by atoms with Gasteiger partial charge in [-0.1, -0.05) is 12.1 Å². The number of carbonyl (C=O) groups excluding carboxylic acids is 1. The predicted octanol–water partition coefficient (Wildman–Crippen LogP) is 5.09. The maximum Gasteiger partial charge on any atom is 0.229 e. The van der Waals surface area contributed by atoms with E-state index < -0.39 is 15.8 Å². The van der Waals surface area contributed by atoms with Crippen LogP contribution in [0.1, 0.15) is 27.2 Å². The molecular weight excluding hydrogens is 509 g/mol. The van der Waals surface area contributed by atoms with Crippen LogP contribution in [0.5, 0.6) is 11.5 Å². The number of carbonyl (C=O) groups is 1. The normalized spacial score (nSPS) is 11.6. The number of sulfonamides is 1. The van der Waals surface area contributed by atoms with E-state index in [9.17, 15) is 17.6 Å². The molecular formula is C27H24FN5O4S. The third kappa shape index (κ3) is 4.83. The van der Waals surface area contributed by atoms with Crippen LogP contribution in [0.15, 0.2) is 66.9 Å². The van der Waals surface area contributed by atoms with E-state index in [2.05, 4.69) is 14.8 Å². The molecule has 0 bridgehead atoms. The van der Waals surface area contributed by atoms with E-state index in [1.54, 1.807) is 55.5 Å². The second-order valence-corrected chi connectivity index (χ2v) is 10.7. The lowest BCUT2D eigenvalue weighted by Gasteiger charge is -2.12. The number of anilines is 2. The van der Waals surface area contributed by atoms with E-state index in [0.717, 1.165) is 17.2 Å². The number of para-hydroxylation sites is 1. The first kappa shape index (κ1) is 25.0. The standard InChI is InChI=1S/C27H24FN5O4S/c1-15-10-17-12-23(31-22(17)13-21(15)32-38(3,35)36)26(34)19-14-30-33(27(19)29)24-9-8-18(11-16(24)2)37-25-7-5-4-6-20(25)28/h4-14,31-32H,29H2,1-3H3. The van der Waals surface area contributed by atoms with E-state index in [1.807, 2.05) is 6.92 Å². The molecule has 2 heterocycles. The minimum atomic E-state index is -3.46. The first-order chi connectivity index (χ1) is 18.0. The van der Waals surface area contributed by atoms with Gasteiger partial charge in [0.2, 0.25) is 15.8 Å². The van der Waals surface area contributed by atoms with Gasteiger partial charge in [0.05, 0.1) is 35.1 Å². The van der Waals surface area contributed by atoms with E-state index in [4.69, 9.17) is 10.5 Å². The number of H-pyrrole nitrogens is 1. The van der Waals surface area contributed by atoms with Crippen molar-refractivity contribution in [2.45, 2.75) is 13.8 Å². The van der Waals surface area contributed by atoms with Gasteiger partial charge in [-0.05, 0) is 73.5 Å². The fraction of sp³-hybridized carbons (Fsp3) is 0.111. The van der Waals surface area contributed by atoms with Crippen molar-refractivity contribution in [3.05, 3.63) is 95.1 Å². The molecule has 9 nitrogen and oxygen atoms in total. The number of aryl methyl sites for hydroxylation is 2. The highest BCUT2D eigenvalue weighted by Gasteiger charge is 2.21. The highest BCUT2D eigenvalue weighted by Crippen LogP contribution is 2.30. The summed E-state index contributed by atoms with van der Waals surface area (Å²) in [6, 6.07) is 16.4. The third-order valence-corrected chi connectivity index (χ3v) is 6.61. The Morgan fingerprint density at radius 2 is 1.84 bits per heavy atom. The number of fused-ring (bicyclic) bond motifs is 1. The molecule has 5 rings (SSSR count). The second kappa shape index (κ2) is 9.34.